The third kappa shape index (κ3) is 62.2. The third-order valence-electron chi connectivity index (χ3n) is 13.8. The second-order valence-electron chi connectivity index (χ2n) is 22.9. The van der Waals surface area contributed by atoms with Gasteiger partial charge in [-0.15, -0.1) is 0 Å². The summed E-state index contributed by atoms with van der Waals surface area (Å²) in [4.78, 5) is 40.1. The molecule has 0 fully saturated rings. The Hall–Kier alpha value is -4.11. The number of carbonyl (C=O) groups excluding carboxylic acids is 2. The lowest BCUT2D eigenvalue weighted by molar-refractivity contribution is -0.870. The van der Waals surface area contributed by atoms with E-state index in [2.05, 4.69) is 160 Å². The highest BCUT2D eigenvalue weighted by Gasteiger charge is 2.27. The number of unbranched alkanes of at least 4 members (excludes halogenated alkanes) is 20. The second-order valence-corrected chi connectivity index (χ2v) is 24.3. The predicted octanol–water partition coefficient (Wildman–Crippen LogP) is 20.4. The van der Waals surface area contributed by atoms with Crippen molar-refractivity contribution in [2.75, 3.05) is 40.9 Å². The van der Waals surface area contributed by atoms with E-state index in [0.29, 0.717) is 23.9 Å². The molecular formula is C73H123N2O7P. The number of allylic oxidation sites excluding steroid dienone is 23. The normalized spacial score (nSPS) is 14.5. The number of nitrogens with one attached hydrogen (secondary N) is 1. The quantitative estimate of drug-likeness (QED) is 0.0212. The van der Waals surface area contributed by atoms with Gasteiger partial charge in [-0.3, -0.25) is 14.2 Å². The molecule has 0 aliphatic carbocycles. The number of amides is 1. The zero-order valence-electron chi connectivity index (χ0n) is 53.8. The summed E-state index contributed by atoms with van der Waals surface area (Å²) in [6.45, 7) is 6.57. The highest BCUT2D eigenvalue weighted by molar-refractivity contribution is 7.45. The van der Waals surface area contributed by atoms with E-state index in [1.54, 1.807) is 0 Å². The van der Waals surface area contributed by atoms with Crippen LogP contribution in [0.1, 0.15) is 252 Å². The molecule has 1 N–H and O–H groups in total. The first-order valence-electron chi connectivity index (χ1n) is 33.1. The van der Waals surface area contributed by atoms with Crippen molar-refractivity contribution in [3.8, 4) is 0 Å². The molecule has 1 amide bonds. The Morgan fingerprint density at radius 3 is 1.16 bits per heavy atom. The lowest BCUT2D eigenvalue weighted by Gasteiger charge is -2.30. The molecule has 0 aromatic carbocycles. The van der Waals surface area contributed by atoms with Crippen molar-refractivity contribution < 1.29 is 37.3 Å². The molecule has 0 aromatic rings. The summed E-state index contributed by atoms with van der Waals surface area (Å²) in [6.07, 6.45) is 88.2. The van der Waals surface area contributed by atoms with Crippen LogP contribution in [0.5, 0.6) is 0 Å². The molecule has 3 unspecified atom stereocenters. The summed E-state index contributed by atoms with van der Waals surface area (Å²) < 4.78 is 30.3. The van der Waals surface area contributed by atoms with Crippen molar-refractivity contribution >= 4 is 19.7 Å². The van der Waals surface area contributed by atoms with Crippen molar-refractivity contribution in [2.45, 2.75) is 264 Å². The summed E-state index contributed by atoms with van der Waals surface area (Å²) in [5, 5.41) is 3.02. The van der Waals surface area contributed by atoms with Crippen molar-refractivity contribution in [1.82, 2.24) is 5.32 Å². The lowest BCUT2D eigenvalue weighted by atomic mass is 10.1. The average Bonchev–Trinajstić information content (AvgIpc) is 3.51. The molecule has 0 rings (SSSR count). The number of hydrogen-bond acceptors (Lipinski definition) is 7. The first-order chi connectivity index (χ1) is 40.4. The van der Waals surface area contributed by atoms with E-state index in [-0.39, 0.29) is 31.3 Å². The molecule has 0 heterocycles. The zero-order valence-corrected chi connectivity index (χ0v) is 54.7. The molecule has 10 heteroatoms. The third-order valence-corrected chi connectivity index (χ3v) is 14.7. The highest BCUT2D eigenvalue weighted by atomic mass is 31.2. The number of hydrogen-bond donors (Lipinski definition) is 1. The number of phosphoric acid groups is 1. The average molecular weight is 1170 g/mol. The van der Waals surface area contributed by atoms with Gasteiger partial charge >= 0.3 is 5.97 Å². The maximum Gasteiger partial charge on any atom is 0.306 e. The first-order valence-corrected chi connectivity index (χ1v) is 34.6. The minimum absolute atomic E-state index is 0.0376. The van der Waals surface area contributed by atoms with E-state index in [1.807, 2.05) is 33.3 Å². The van der Waals surface area contributed by atoms with Gasteiger partial charge in [0.2, 0.25) is 5.91 Å². The molecule has 83 heavy (non-hydrogen) atoms. The fraction of sp³-hybridized carbons (Fsp3) is 0.644. The van der Waals surface area contributed by atoms with Crippen LogP contribution in [-0.4, -0.2) is 69.4 Å². The first kappa shape index (κ1) is 78.9. The van der Waals surface area contributed by atoms with Gasteiger partial charge in [0.25, 0.3) is 7.82 Å². The molecule has 0 radical (unpaired) electrons. The molecule has 9 nitrogen and oxygen atoms in total. The van der Waals surface area contributed by atoms with Gasteiger partial charge in [-0.25, -0.2) is 0 Å². The number of rotatable bonds is 58. The van der Waals surface area contributed by atoms with Crippen molar-refractivity contribution in [2.24, 2.45) is 0 Å². The fourth-order valence-electron chi connectivity index (χ4n) is 8.73. The maximum atomic E-state index is 13.6. The summed E-state index contributed by atoms with van der Waals surface area (Å²) in [6, 6.07) is -0.917. The van der Waals surface area contributed by atoms with Crippen LogP contribution in [0.4, 0.5) is 0 Å². The Labute approximate surface area is 510 Å². The maximum absolute atomic E-state index is 13.6. The van der Waals surface area contributed by atoms with E-state index in [1.165, 1.54) is 64.2 Å². The van der Waals surface area contributed by atoms with E-state index < -0.39 is 26.6 Å². The lowest BCUT2D eigenvalue weighted by Crippen LogP contribution is -2.47. The summed E-state index contributed by atoms with van der Waals surface area (Å²) in [7, 11) is 1.14. The smallest absolute Gasteiger partial charge is 0.306 e. The predicted molar refractivity (Wildman–Crippen MR) is 357 cm³/mol. The summed E-state index contributed by atoms with van der Waals surface area (Å²) in [5.74, 6) is -0.594. The van der Waals surface area contributed by atoms with Gasteiger partial charge in [-0.1, -0.05) is 257 Å². The van der Waals surface area contributed by atoms with E-state index in [9.17, 15) is 19.0 Å². The molecular weight excluding hydrogens is 1050 g/mol. The molecule has 0 aromatic heterocycles. The highest BCUT2D eigenvalue weighted by Crippen LogP contribution is 2.38. The molecule has 0 aliphatic heterocycles. The Bertz CT molecular complexity index is 1930. The summed E-state index contributed by atoms with van der Waals surface area (Å²) in [5.41, 5.74) is 0. The number of esters is 1. The number of carbonyl (C=O) groups is 2. The minimum atomic E-state index is -4.72. The fourth-order valence-corrected chi connectivity index (χ4v) is 9.45. The number of ether oxygens (including phenoxy) is 1. The van der Waals surface area contributed by atoms with E-state index in [0.717, 1.165) is 141 Å². The van der Waals surface area contributed by atoms with E-state index in [4.69, 9.17) is 13.8 Å². The molecule has 0 saturated carbocycles. The van der Waals surface area contributed by atoms with Crippen LogP contribution in [0.15, 0.2) is 146 Å². The van der Waals surface area contributed by atoms with Gasteiger partial charge < -0.3 is 28.5 Å². The number of likely N-dealkylation sites (N-methyl/N-ethyl adjacent to an activating group) is 1. The number of phosphoric ester groups is 1. The molecule has 3 atom stereocenters. The second kappa shape index (κ2) is 61.0. The van der Waals surface area contributed by atoms with Crippen LogP contribution in [-0.2, 0) is 27.9 Å². The molecule has 0 bridgehead atoms. The largest absolute Gasteiger partial charge is 0.756 e. The Morgan fingerprint density at radius 2 is 0.771 bits per heavy atom. The van der Waals surface area contributed by atoms with Crippen LogP contribution in [0.2, 0.25) is 0 Å². The van der Waals surface area contributed by atoms with Crippen LogP contribution in [0.3, 0.4) is 0 Å². The topological polar surface area (TPSA) is 114 Å². The van der Waals surface area contributed by atoms with E-state index >= 15 is 0 Å². The Balaban J connectivity index is 5.22. The van der Waals surface area contributed by atoms with Gasteiger partial charge in [0, 0.05) is 12.8 Å². The molecule has 472 valence electrons. The van der Waals surface area contributed by atoms with Gasteiger partial charge in [0.1, 0.15) is 19.3 Å². The van der Waals surface area contributed by atoms with Crippen molar-refractivity contribution in [3.63, 3.8) is 0 Å². The van der Waals surface area contributed by atoms with Gasteiger partial charge in [-0.2, -0.15) is 0 Å². The summed E-state index contributed by atoms with van der Waals surface area (Å²) >= 11 is 0. The van der Waals surface area contributed by atoms with Crippen LogP contribution >= 0.6 is 7.82 Å². The monoisotopic (exact) mass is 1170 g/mol. The van der Waals surface area contributed by atoms with Crippen molar-refractivity contribution in [3.05, 3.63) is 146 Å². The van der Waals surface area contributed by atoms with Crippen molar-refractivity contribution in [1.29, 1.82) is 0 Å². The SMILES string of the molecule is CC/C=C\C/C=C\C/C=C\C/C=C\C/C=C\C/C=C\CCCCCCC(=O)OC(/C=C/CCCCCCCCCCC)C(COP(=O)([O-])OCC[N+](C)(C)C)NC(=O)CCCCCCCCC/C=C\C/C=C\C/C=C\C/C=C\C/C=C\CC. The van der Waals surface area contributed by atoms with Gasteiger partial charge in [0.05, 0.1) is 33.8 Å². The molecule has 0 spiro atoms. The van der Waals surface area contributed by atoms with Gasteiger partial charge in [-0.05, 0) is 128 Å². The minimum Gasteiger partial charge on any atom is -0.756 e. The molecule has 0 saturated heterocycles. The molecule has 0 aliphatic rings. The Morgan fingerprint density at radius 1 is 0.434 bits per heavy atom. The van der Waals surface area contributed by atoms with Gasteiger partial charge in [0.15, 0.2) is 0 Å². The Kier molecular flexibility index (Phi) is 58.0. The van der Waals surface area contributed by atoms with Crippen LogP contribution < -0.4 is 10.2 Å². The number of quaternary nitrogens is 1. The standard InChI is InChI=1S/C73H123N2O7P/c1-7-10-13-16-19-22-25-27-29-31-33-35-37-39-41-43-45-47-50-53-56-59-62-65-72(76)74-70(69-81-83(78,79)80-68-67-75(4,5)6)71(64-61-58-55-52-49-24-21-18-15-12-9-3)82-73(77)66-63-60-57-54-51-48-46-44-42-40-38-36-34-32-30-28-26-23-20-17-14-11-8-2/h10-11,13-14,19-20,22-23,27-30,33-36,39-42,46,48,61,64,70-71H,7-9,12,15-18,21,24-26,31-32,37-38,43-45,47,49-60,62-63,65-69H2,1-6H3,(H-,74,76,78,79)/b13-10-,14-11-,22-19-,23-20-,29-27-,30-28-,35-33-,36-34-,41-39-,42-40-,48-46-,64-61+. The van der Waals surface area contributed by atoms with Crippen LogP contribution in [0.25, 0.3) is 0 Å². The van der Waals surface area contributed by atoms with Crippen LogP contribution in [0, 0.1) is 0 Å². The zero-order chi connectivity index (χ0) is 60.7. The number of nitrogens with zero attached hydrogens (tertiary/aromatic N) is 1.